The van der Waals surface area contributed by atoms with Gasteiger partial charge in [0.1, 0.15) is 18.1 Å². The van der Waals surface area contributed by atoms with Crippen LogP contribution in [0, 0.1) is 0 Å². The molecule has 1 atom stereocenters. The highest BCUT2D eigenvalue weighted by Gasteiger charge is 2.13. The summed E-state index contributed by atoms with van der Waals surface area (Å²) >= 11 is 0. The number of benzene rings is 1. The first-order chi connectivity index (χ1) is 12.7. The van der Waals surface area contributed by atoms with Gasteiger partial charge in [-0.2, -0.15) is 0 Å². The first-order valence-corrected chi connectivity index (χ1v) is 8.83. The lowest BCUT2D eigenvalue weighted by molar-refractivity contribution is 0.00281. The Bertz CT molecular complexity index is 602. The zero-order valence-corrected chi connectivity index (χ0v) is 15.6. The lowest BCUT2D eigenvalue weighted by Crippen LogP contribution is -2.35. The lowest BCUT2D eigenvalue weighted by Gasteiger charge is -2.25. The van der Waals surface area contributed by atoms with Gasteiger partial charge in [0.05, 0.1) is 26.1 Å². The van der Waals surface area contributed by atoms with E-state index in [0.717, 1.165) is 36.6 Å². The SMILES string of the molecule is COCCCN(Cc1cccc(OC)c1)C[C@@H](O)COCc1ccco1. The van der Waals surface area contributed by atoms with Crippen molar-refractivity contribution in [3.8, 4) is 5.75 Å². The summed E-state index contributed by atoms with van der Waals surface area (Å²) in [7, 11) is 3.36. The van der Waals surface area contributed by atoms with E-state index < -0.39 is 6.10 Å². The summed E-state index contributed by atoms with van der Waals surface area (Å²) < 4.78 is 21.2. The third-order valence-electron chi connectivity index (χ3n) is 3.97. The molecule has 0 spiro atoms. The van der Waals surface area contributed by atoms with Crippen LogP contribution < -0.4 is 4.74 Å². The van der Waals surface area contributed by atoms with Crippen LogP contribution in [0.5, 0.6) is 5.75 Å². The molecule has 6 heteroatoms. The second kappa shape index (κ2) is 11.7. The van der Waals surface area contributed by atoms with E-state index in [2.05, 4.69) is 11.0 Å². The molecule has 0 saturated heterocycles. The Labute approximate surface area is 155 Å². The molecule has 0 aliphatic heterocycles. The van der Waals surface area contributed by atoms with Crippen molar-refractivity contribution in [3.05, 3.63) is 54.0 Å². The molecule has 0 fully saturated rings. The molecule has 0 bridgehead atoms. The Morgan fingerprint density at radius 2 is 2.08 bits per heavy atom. The van der Waals surface area contributed by atoms with E-state index in [0.29, 0.717) is 19.8 Å². The summed E-state index contributed by atoms with van der Waals surface area (Å²) in [6, 6.07) is 11.7. The molecular formula is C20H29NO5. The molecule has 0 aliphatic rings. The summed E-state index contributed by atoms with van der Waals surface area (Å²) in [4.78, 5) is 2.20. The number of nitrogens with zero attached hydrogens (tertiary/aromatic N) is 1. The van der Waals surface area contributed by atoms with E-state index in [-0.39, 0.29) is 6.61 Å². The molecule has 1 N–H and O–H groups in total. The van der Waals surface area contributed by atoms with Gasteiger partial charge in [-0.25, -0.2) is 0 Å². The summed E-state index contributed by atoms with van der Waals surface area (Å²) in [5.74, 6) is 1.59. The maximum Gasteiger partial charge on any atom is 0.129 e. The number of aliphatic hydroxyl groups is 1. The van der Waals surface area contributed by atoms with Crippen molar-refractivity contribution in [3.63, 3.8) is 0 Å². The zero-order valence-electron chi connectivity index (χ0n) is 15.6. The molecule has 0 aliphatic carbocycles. The van der Waals surface area contributed by atoms with Gasteiger partial charge in [0.15, 0.2) is 0 Å². The van der Waals surface area contributed by atoms with Crippen molar-refractivity contribution < 1.29 is 23.7 Å². The minimum Gasteiger partial charge on any atom is -0.497 e. The highest BCUT2D eigenvalue weighted by molar-refractivity contribution is 5.28. The Hall–Kier alpha value is -1.86. The Kier molecular flexibility index (Phi) is 9.20. The summed E-state index contributed by atoms with van der Waals surface area (Å²) in [5, 5.41) is 10.3. The van der Waals surface area contributed by atoms with Gasteiger partial charge in [0, 0.05) is 33.4 Å². The predicted octanol–water partition coefficient (Wildman–Crippen LogP) is 2.70. The maximum atomic E-state index is 10.3. The molecule has 26 heavy (non-hydrogen) atoms. The number of aliphatic hydroxyl groups excluding tert-OH is 1. The van der Waals surface area contributed by atoms with Crippen LogP contribution in [-0.4, -0.2) is 56.6 Å². The number of rotatable bonds is 13. The van der Waals surface area contributed by atoms with Gasteiger partial charge < -0.3 is 23.7 Å². The van der Waals surface area contributed by atoms with Crippen LogP contribution in [0.1, 0.15) is 17.7 Å². The molecule has 1 aromatic heterocycles. The molecule has 0 radical (unpaired) electrons. The minimum absolute atomic E-state index is 0.263. The fraction of sp³-hybridized carbons (Fsp3) is 0.500. The van der Waals surface area contributed by atoms with Gasteiger partial charge in [0.25, 0.3) is 0 Å². The van der Waals surface area contributed by atoms with Crippen LogP contribution in [0.3, 0.4) is 0 Å². The minimum atomic E-state index is -0.571. The van der Waals surface area contributed by atoms with E-state index in [1.807, 2.05) is 30.3 Å². The van der Waals surface area contributed by atoms with Crippen LogP contribution in [0.15, 0.2) is 47.1 Å². The van der Waals surface area contributed by atoms with Crippen LogP contribution >= 0.6 is 0 Å². The van der Waals surface area contributed by atoms with Crippen LogP contribution in [0.2, 0.25) is 0 Å². The van der Waals surface area contributed by atoms with Crippen LogP contribution in [0.25, 0.3) is 0 Å². The van der Waals surface area contributed by atoms with Crippen LogP contribution in [-0.2, 0) is 22.6 Å². The van der Waals surface area contributed by atoms with Crippen molar-refractivity contribution in [2.24, 2.45) is 0 Å². The van der Waals surface area contributed by atoms with Gasteiger partial charge in [-0.3, -0.25) is 4.90 Å². The molecule has 0 amide bonds. The van der Waals surface area contributed by atoms with Crippen molar-refractivity contribution in [2.45, 2.75) is 25.7 Å². The number of hydrogen-bond donors (Lipinski definition) is 1. The predicted molar refractivity (Wildman–Crippen MR) is 99.1 cm³/mol. The standard InChI is InChI=1S/C20H29NO5/c1-23-10-5-9-21(13-17-6-3-7-19(12-17)24-2)14-18(22)15-25-16-20-8-4-11-26-20/h3-4,6-8,11-12,18,22H,5,9-10,13-16H2,1-2H3/t18-/m1/s1. The number of furan rings is 1. The normalized spacial score (nSPS) is 12.5. The fourth-order valence-corrected chi connectivity index (χ4v) is 2.74. The molecule has 1 aromatic carbocycles. The Balaban J connectivity index is 1.83. The summed E-state index contributed by atoms with van der Waals surface area (Å²) in [5.41, 5.74) is 1.14. The molecule has 2 rings (SSSR count). The van der Waals surface area contributed by atoms with Gasteiger partial charge in [0.2, 0.25) is 0 Å². The van der Waals surface area contributed by atoms with Gasteiger partial charge in [-0.15, -0.1) is 0 Å². The highest BCUT2D eigenvalue weighted by Crippen LogP contribution is 2.15. The molecule has 2 aromatic rings. The monoisotopic (exact) mass is 363 g/mol. The first kappa shape index (κ1) is 20.5. The Morgan fingerprint density at radius 1 is 1.19 bits per heavy atom. The average Bonchev–Trinajstić information content (AvgIpc) is 3.15. The molecule has 6 nitrogen and oxygen atoms in total. The second-order valence-corrected chi connectivity index (χ2v) is 6.18. The molecule has 144 valence electrons. The average molecular weight is 363 g/mol. The highest BCUT2D eigenvalue weighted by atomic mass is 16.5. The van der Waals surface area contributed by atoms with Gasteiger partial charge in [-0.1, -0.05) is 12.1 Å². The lowest BCUT2D eigenvalue weighted by atomic mass is 10.2. The molecule has 0 saturated carbocycles. The van der Waals surface area contributed by atoms with E-state index in [4.69, 9.17) is 18.6 Å². The van der Waals surface area contributed by atoms with E-state index >= 15 is 0 Å². The van der Waals surface area contributed by atoms with E-state index in [9.17, 15) is 5.11 Å². The maximum absolute atomic E-state index is 10.3. The molecule has 0 unspecified atom stereocenters. The molecular weight excluding hydrogens is 334 g/mol. The van der Waals surface area contributed by atoms with Crippen molar-refractivity contribution >= 4 is 0 Å². The van der Waals surface area contributed by atoms with Crippen LogP contribution in [0.4, 0.5) is 0 Å². The third kappa shape index (κ3) is 7.58. The smallest absolute Gasteiger partial charge is 0.129 e. The van der Waals surface area contributed by atoms with Gasteiger partial charge in [-0.05, 0) is 36.2 Å². The molecule has 1 heterocycles. The quantitative estimate of drug-likeness (QED) is 0.552. The summed E-state index contributed by atoms with van der Waals surface area (Å²) in [6.45, 7) is 3.42. The number of hydrogen-bond acceptors (Lipinski definition) is 6. The topological polar surface area (TPSA) is 64.3 Å². The van der Waals surface area contributed by atoms with Crippen molar-refractivity contribution in [1.82, 2.24) is 4.90 Å². The zero-order chi connectivity index (χ0) is 18.6. The fourth-order valence-electron chi connectivity index (χ4n) is 2.74. The van der Waals surface area contributed by atoms with Gasteiger partial charge >= 0.3 is 0 Å². The first-order valence-electron chi connectivity index (χ1n) is 8.83. The second-order valence-electron chi connectivity index (χ2n) is 6.18. The number of ether oxygens (including phenoxy) is 3. The van der Waals surface area contributed by atoms with Crippen molar-refractivity contribution in [1.29, 1.82) is 0 Å². The third-order valence-corrected chi connectivity index (χ3v) is 3.97. The van der Waals surface area contributed by atoms with E-state index in [1.54, 1.807) is 20.5 Å². The largest absolute Gasteiger partial charge is 0.497 e. The summed E-state index contributed by atoms with van der Waals surface area (Å²) in [6.07, 6.45) is 1.94. The number of methoxy groups -OCH3 is 2. The van der Waals surface area contributed by atoms with Crippen molar-refractivity contribution in [2.75, 3.05) is 40.5 Å². The Morgan fingerprint density at radius 3 is 2.81 bits per heavy atom. The van der Waals surface area contributed by atoms with E-state index in [1.165, 1.54) is 0 Å².